The van der Waals surface area contributed by atoms with Crippen molar-refractivity contribution in [3.05, 3.63) is 23.0 Å². The number of aliphatic hydroxyl groups is 1. The first-order valence-corrected chi connectivity index (χ1v) is 9.20. The van der Waals surface area contributed by atoms with Crippen molar-refractivity contribution in [2.45, 2.75) is 52.7 Å². The van der Waals surface area contributed by atoms with Crippen molar-refractivity contribution in [1.29, 1.82) is 0 Å². The molecule has 114 valence electrons. The molecule has 1 N–H and O–H groups in total. The summed E-state index contributed by atoms with van der Waals surface area (Å²) in [6.07, 6.45) is 3.22. The number of rotatable bonds is 4. The fourth-order valence-electron chi connectivity index (χ4n) is 3.20. The van der Waals surface area contributed by atoms with Crippen LogP contribution in [0.15, 0.2) is 6.07 Å². The van der Waals surface area contributed by atoms with E-state index in [0.29, 0.717) is 13.0 Å². The molecule has 0 bridgehead atoms. The van der Waals surface area contributed by atoms with Gasteiger partial charge in [0.2, 0.25) is 0 Å². The Bertz CT molecular complexity index is 599. The van der Waals surface area contributed by atoms with Crippen molar-refractivity contribution in [3.63, 3.8) is 0 Å². The molecule has 1 aromatic heterocycles. The number of aliphatic hydroxyl groups excluding tert-OH is 1. The van der Waals surface area contributed by atoms with Gasteiger partial charge >= 0.3 is 0 Å². The molecule has 1 unspecified atom stereocenters. The first-order chi connectivity index (χ1) is 9.09. The molecule has 1 aromatic rings. The number of aryl methyl sites for hydroxylation is 1. The normalized spacial score (nSPS) is 21.8. The van der Waals surface area contributed by atoms with Gasteiger partial charge < -0.3 is 9.67 Å². The van der Waals surface area contributed by atoms with Gasteiger partial charge in [-0.3, -0.25) is 0 Å². The number of hydrogen-bond acceptors (Lipinski definition) is 3. The number of sulfone groups is 1. The molecule has 4 nitrogen and oxygen atoms in total. The zero-order valence-electron chi connectivity index (χ0n) is 12.8. The van der Waals surface area contributed by atoms with E-state index in [1.165, 1.54) is 11.9 Å². The van der Waals surface area contributed by atoms with Crippen LogP contribution in [0, 0.1) is 12.3 Å². The molecular formula is C15H25NO3S. The topological polar surface area (TPSA) is 59.3 Å². The third kappa shape index (κ3) is 3.44. The Labute approximate surface area is 121 Å². The number of nitrogens with zero attached hydrogens (tertiary/aromatic N) is 1. The maximum Gasteiger partial charge on any atom is 0.147 e. The molecule has 0 spiro atoms. The Kier molecular flexibility index (Phi) is 4.04. The minimum Gasteiger partial charge on any atom is -0.388 e. The highest BCUT2D eigenvalue weighted by Crippen LogP contribution is 2.41. The molecule has 1 aliphatic rings. The van der Waals surface area contributed by atoms with Crippen LogP contribution >= 0.6 is 0 Å². The van der Waals surface area contributed by atoms with E-state index >= 15 is 0 Å². The fourth-order valence-corrected chi connectivity index (χ4v) is 3.85. The highest BCUT2D eigenvalue weighted by atomic mass is 32.2. The second-order valence-electron chi connectivity index (χ2n) is 6.88. The Morgan fingerprint density at radius 3 is 2.70 bits per heavy atom. The Morgan fingerprint density at radius 1 is 1.45 bits per heavy atom. The Balaban J connectivity index is 2.23. The molecule has 0 aliphatic heterocycles. The minimum atomic E-state index is -2.91. The Hall–Kier alpha value is -0.810. The zero-order chi connectivity index (χ0) is 15.1. The first kappa shape index (κ1) is 15.6. The van der Waals surface area contributed by atoms with E-state index < -0.39 is 15.9 Å². The van der Waals surface area contributed by atoms with Gasteiger partial charge in [0.25, 0.3) is 0 Å². The lowest BCUT2D eigenvalue weighted by Gasteiger charge is -2.34. The van der Waals surface area contributed by atoms with E-state index in [1.807, 2.05) is 6.92 Å². The molecule has 0 saturated carbocycles. The lowest BCUT2D eigenvalue weighted by molar-refractivity contribution is 0.0979. The fraction of sp³-hybridized carbons (Fsp3) is 0.733. The van der Waals surface area contributed by atoms with Gasteiger partial charge in [-0.2, -0.15) is 0 Å². The van der Waals surface area contributed by atoms with E-state index in [4.69, 9.17) is 0 Å². The van der Waals surface area contributed by atoms with Crippen molar-refractivity contribution < 1.29 is 13.5 Å². The van der Waals surface area contributed by atoms with Crippen LogP contribution in [-0.4, -0.2) is 30.1 Å². The number of hydrogen-bond donors (Lipinski definition) is 1. The maximum atomic E-state index is 11.2. The summed E-state index contributed by atoms with van der Waals surface area (Å²) in [5.41, 5.74) is 3.41. The molecule has 5 heteroatoms. The third-order valence-electron chi connectivity index (χ3n) is 4.10. The quantitative estimate of drug-likeness (QED) is 0.927. The number of aromatic nitrogens is 1. The van der Waals surface area contributed by atoms with Crippen LogP contribution in [0.1, 0.15) is 49.7 Å². The predicted octanol–water partition coefficient (Wildman–Crippen LogP) is 2.24. The first-order valence-electron chi connectivity index (χ1n) is 7.14. The van der Waals surface area contributed by atoms with Gasteiger partial charge in [-0.05, 0) is 37.7 Å². The van der Waals surface area contributed by atoms with Gasteiger partial charge in [0.1, 0.15) is 9.84 Å². The van der Waals surface area contributed by atoms with Gasteiger partial charge in [0, 0.05) is 29.8 Å². The van der Waals surface area contributed by atoms with E-state index in [-0.39, 0.29) is 11.2 Å². The highest BCUT2D eigenvalue weighted by molar-refractivity contribution is 7.90. The standard InChI is InChI=1S/C15H25NO3S/c1-11-8-12-13(9-15(2,3)10-14(12)17)16(11)6-5-7-20(4,18)19/h8,14,17H,5-7,9-10H2,1-4H3. The summed E-state index contributed by atoms with van der Waals surface area (Å²) in [6, 6.07) is 2.05. The van der Waals surface area contributed by atoms with Crippen LogP contribution in [0.5, 0.6) is 0 Å². The van der Waals surface area contributed by atoms with Crippen LogP contribution < -0.4 is 0 Å². The molecular weight excluding hydrogens is 274 g/mol. The van der Waals surface area contributed by atoms with E-state index in [1.54, 1.807) is 0 Å². The van der Waals surface area contributed by atoms with Gasteiger partial charge in [-0.1, -0.05) is 13.8 Å². The summed E-state index contributed by atoms with van der Waals surface area (Å²) in [4.78, 5) is 0. The summed E-state index contributed by atoms with van der Waals surface area (Å²) in [7, 11) is -2.91. The molecule has 0 fully saturated rings. The van der Waals surface area contributed by atoms with Gasteiger partial charge in [-0.25, -0.2) is 8.42 Å². The van der Waals surface area contributed by atoms with Crippen LogP contribution in [0.25, 0.3) is 0 Å². The molecule has 1 aliphatic carbocycles. The SMILES string of the molecule is Cc1cc2c(n1CCCS(C)(=O)=O)CC(C)(C)CC2O. The summed E-state index contributed by atoms with van der Waals surface area (Å²) >= 11 is 0. The summed E-state index contributed by atoms with van der Waals surface area (Å²) in [6.45, 7) is 7.07. The van der Waals surface area contributed by atoms with Gasteiger partial charge in [-0.15, -0.1) is 0 Å². The average molecular weight is 299 g/mol. The van der Waals surface area contributed by atoms with Crippen molar-refractivity contribution in [3.8, 4) is 0 Å². The van der Waals surface area contributed by atoms with Crippen molar-refractivity contribution >= 4 is 9.84 Å². The average Bonchev–Trinajstić information content (AvgIpc) is 2.54. The van der Waals surface area contributed by atoms with Gasteiger partial charge in [0.05, 0.1) is 11.9 Å². The molecule has 2 rings (SSSR count). The molecule has 0 amide bonds. The largest absolute Gasteiger partial charge is 0.388 e. The van der Waals surface area contributed by atoms with Crippen LogP contribution in [-0.2, 0) is 22.8 Å². The van der Waals surface area contributed by atoms with Crippen LogP contribution in [0.3, 0.4) is 0 Å². The lowest BCUT2D eigenvalue weighted by atomic mass is 9.75. The second kappa shape index (κ2) is 5.19. The van der Waals surface area contributed by atoms with Gasteiger partial charge in [0.15, 0.2) is 0 Å². The van der Waals surface area contributed by atoms with E-state index in [0.717, 1.165) is 24.1 Å². The third-order valence-corrected chi connectivity index (χ3v) is 5.13. The minimum absolute atomic E-state index is 0.0891. The smallest absolute Gasteiger partial charge is 0.147 e. The van der Waals surface area contributed by atoms with Crippen molar-refractivity contribution in [2.24, 2.45) is 5.41 Å². The Morgan fingerprint density at radius 2 is 2.10 bits per heavy atom. The summed E-state index contributed by atoms with van der Waals surface area (Å²) in [5, 5.41) is 10.3. The maximum absolute atomic E-state index is 11.2. The van der Waals surface area contributed by atoms with E-state index in [9.17, 15) is 13.5 Å². The molecule has 1 heterocycles. The zero-order valence-corrected chi connectivity index (χ0v) is 13.6. The van der Waals surface area contributed by atoms with Crippen LogP contribution in [0.4, 0.5) is 0 Å². The van der Waals surface area contributed by atoms with Crippen LogP contribution in [0.2, 0.25) is 0 Å². The summed E-state index contributed by atoms with van der Waals surface area (Å²) < 4.78 is 24.7. The number of fused-ring (bicyclic) bond motifs is 1. The molecule has 20 heavy (non-hydrogen) atoms. The predicted molar refractivity (Wildman–Crippen MR) is 80.6 cm³/mol. The monoisotopic (exact) mass is 299 g/mol. The molecule has 0 radical (unpaired) electrons. The molecule has 1 atom stereocenters. The molecule has 0 aromatic carbocycles. The highest BCUT2D eigenvalue weighted by Gasteiger charge is 2.33. The molecule has 0 saturated heterocycles. The van der Waals surface area contributed by atoms with E-state index in [2.05, 4.69) is 24.5 Å². The van der Waals surface area contributed by atoms with Crippen molar-refractivity contribution in [2.75, 3.05) is 12.0 Å². The summed E-state index contributed by atoms with van der Waals surface area (Å²) in [5.74, 6) is 0.214. The lowest BCUT2D eigenvalue weighted by Crippen LogP contribution is -2.27. The second-order valence-corrected chi connectivity index (χ2v) is 9.14. The van der Waals surface area contributed by atoms with Crippen molar-refractivity contribution in [1.82, 2.24) is 4.57 Å².